The molecule has 0 aliphatic carbocycles. The summed E-state index contributed by atoms with van der Waals surface area (Å²) >= 11 is 0. The largest absolute Gasteiger partial charge is 0.305 e. The number of hydrogen-bond acceptors (Lipinski definition) is 1. The molecule has 0 aromatic carbocycles. The fourth-order valence-corrected chi connectivity index (χ4v) is 2.33. The molecular weight excluding hydrogens is 218 g/mol. The first kappa shape index (κ1) is 18.0. The maximum atomic E-state index is 2.29. The van der Waals surface area contributed by atoms with Gasteiger partial charge in [-0.25, -0.2) is 0 Å². The van der Waals surface area contributed by atoms with Crippen LogP contribution in [0.5, 0.6) is 0 Å². The van der Waals surface area contributed by atoms with Gasteiger partial charge in [-0.1, -0.05) is 84.0 Å². The Kier molecular flexibility index (Phi) is 15.0. The van der Waals surface area contributed by atoms with Gasteiger partial charge in [-0.15, -0.1) is 0 Å². The van der Waals surface area contributed by atoms with Crippen LogP contribution in [0, 0.1) is 6.54 Å². The van der Waals surface area contributed by atoms with E-state index in [9.17, 15) is 0 Å². The van der Waals surface area contributed by atoms with E-state index in [4.69, 9.17) is 0 Å². The van der Waals surface area contributed by atoms with Gasteiger partial charge in [-0.3, -0.25) is 0 Å². The summed E-state index contributed by atoms with van der Waals surface area (Å²) in [6, 6.07) is 0. The second-order valence-electron chi connectivity index (χ2n) is 5.82. The van der Waals surface area contributed by atoms with Crippen LogP contribution in [0.3, 0.4) is 0 Å². The van der Waals surface area contributed by atoms with E-state index in [1.807, 2.05) is 0 Å². The molecule has 0 heterocycles. The lowest BCUT2D eigenvalue weighted by molar-refractivity contribution is 0.461. The fourth-order valence-electron chi connectivity index (χ4n) is 2.33. The molecule has 0 aromatic rings. The summed E-state index contributed by atoms with van der Waals surface area (Å²) in [6.07, 6.45) is 18.5. The highest BCUT2D eigenvalue weighted by atomic mass is 15.0. The van der Waals surface area contributed by atoms with Crippen LogP contribution in [-0.4, -0.2) is 19.0 Å². The van der Waals surface area contributed by atoms with Crippen LogP contribution < -0.4 is 0 Å². The molecule has 0 spiro atoms. The Hall–Kier alpha value is -0.0400. The van der Waals surface area contributed by atoms with Crippen molar-refractivity contribution < 1.29 is 0 Å². The van der Waals surface area contributed by atoms with E-state index in [2.05, 4.69) is 32.5 Å². The van der Waals surface area contributed by atoms with Crippen molar-refractivity contribution in [3.8, 4) is 0 Å². The quantitative estimate of drug-likeness (QED) is 0.354. The highest BCUT2D eigenvalue weighted by Crippen LogP contribution is 2.12. The Morgan fingerprint density at radius 2 is 1.00 bits per heavy atom. The second-order valence-corrected chi connectivity index (χ2v) is 5.82. The standard InChI is InChI=1S/C17H36N/c1-4-5-6-7-8-9-10-11-12-13-14-15-16-17-18(2)3/h17H,4-16H2,1-3H3. The van der Waals surface area contributed by atoms with Crippen molar-refractivity contribution in [2.24, 2.45) is 0 Å². The maximum absolute atomic E-state index is 2.29. The molecule has 0 saturated heterocycles. The Morgan fingerprint density at radius 3 is 1.39 bits per heavy atom. The van der Waals surface area contributed by atoms with Gasteiger partial charge in [0.2, 0.25) is 0 Å². The van der Waals surface area contributed by atoms with Crippen LogP contribution in [0.1, 0.15) is 90.4 Å². The smallest absolute Gasteiger partial charge is 0.0245 e. The van der Waals surface area contributed by atoms with Crippen molar-refractivity contribution in [2.45, 2.75) is 90.4 Å². The Morgan fingerprint density at radius 1 is 0.611 bits per heavy atom. The molecule has 0 fully saturated rings. The summed E-state index contributed by atoms with van der Waals surface area (Å²) in [4.78, 5) is 2.17. The van der Waals surface area contributed by atoms with Crippen LogP contribution in [0.2, 0.25) is 0 Å². The van der Waals surface area contributed by atoms with Gasteiger partial charge in [0.15, 0.2) is 0 Å². The predicted octanol–water partition coefficient (Wildman–Crippen LogP) is 5.80. The number of rotatable bonds is 14. The minimum Gasteiger partial charge on any atom is -0.305 e. The molecule has 18 heavy (non-hydrogen) atoms. The Bertz CT molecular complexity index is 143. The van der Waals surface area contributed by atoms with E-state index in [1.165, 1.54) is 83.5 Å². The van der Waals surface area contributed by atoms with Gasteiger partial charge in [-0.05, 0) is 20.5 Å². The lowest BCUT2D eigenvalue weighted by atomic mass is 10.0. The molecule has 0 amide bonds. The molecule has 0 atom stereocenters. The average molecular weight is 254 g/mol. The first-order valence-corrected chi connectivity index (χ1v) is 8.27. The zero-order valence-corrected chi connectivity index (χ0v) is 13.2. The fraction of sp³-hybridized carbons (Fsp3) is 0.941. The van der Waals surface area contributed by atoms with Crippen molar-refractivity contribution in [1.82, 2.24) is 4.90 Å². The minimum atomic E-state index is 1.25. The van der Waals surface area contributed by atoms with E-state index in [0.717, 1.165) is 0 Å². The molecule has 1 nitrogen and oxygen atoms in total. The van der Waals surface area contributed by atoms with Gasteiger partial charge in [-0.2, -0.15) is 0 Å². The average Bonchev–Trinajstić information content (AvgIpc) is 2.34. The molecule has 1 radical (unpaired) electrons. The third kappa shape index (κ3) is 16.0. The molecular formula is C17H36N. The van der Waals surface area contributed by atoms with E-state index in [1.54, 1.807) is 0 Å². The Balaban J connectivity index is 2.90. The molecule has 0 aliphatic heterocycles. The van der Waals surface area contributed by atoms with Crippen molar-refractivity contribution in [3.63, 3.8) is 0 Å². The predicted molar refractivity (Wildman–Crippen MR) is 83.7 cm³/mol. The van der Waals surface area contributed by atoms with Crippen LogP contribution >= 0.6 is 0 Å². The number of hydrogen-bond donors (Lipinski definition) is 0. The molecule has 1 heteroatoms. The van der Waals surface area contributed by atoms with Gasteiger partial charge < -0.3 is 4.90 Å². The molecule has 109 valence electrons. The lowest BCUT2D eigenvalue weighted by Crippen LogP contribution is -2.06. The van der Waals surface area contributed by atoms with Gasteiger partial charge in [0.25, 0.3) is 0 Å². The number of unbranched alkanes of at least 4 members (excludes halogenated alkanes) is 12. The van der Waals surface area contributed by atoms with Crippen LogP contribution in [0.15, 0.2) is 0 Å². The van der Waals surface area contributed by atoms with Gasteiger partial charge >= 0.3 is 0 Å². The first-order chi connectivity index (χ1) is 8.77. The molecule has 0 saturated carbocycles. The third-order valence-corrected chi connectivity index (χ3v) is 3.55. The molecule has 0 aliphatic rings. The van der Waals surface area contributed by atoms with Crippen LogP contribution in [0.4, 0.5) is 0 Å². The van der Waals surface area contributed by atoms with Crippen LogP contribution in [0.25, 0.3) is 0 Å². The van der Waals surface area contributed by atoms with E-state index < -0.39 is 0 Å². The number of nitrogens with zero attached hydrogens (tertiary/aromatic N) is 1. The van der Waals surface area contributed by atoms with E-state index >= 15 is 0 Å². The molecule has 0 bridgehead atoms. The van der Waals surface area contributed by atoms with E-state index in [0.29, 0.717) is 0 Å². The Labute approximate surface area is 116 Å². The topological polar surface area (TPSA) is 3.24 Å². The van der Waals surface area contributed by atoms with Crippen molar-refractivity contribution in [1.29, 1.82) is 0 Å². The third-order valence-electron chi connectivity index (χ3n) is 3.55. The maximum Gasteiger partial charge on any atom is 0.0245 e. The molecule has 0 unspecified atom stereocenters. The lowest BCUT2D eigenvalue weighted by Gasteiger charge is -2.07. The summed E-state index contributed by atoms with van der Waals surface area (Å²) in [5, 5.41) is 0. The van der Waals surface area contributed by atoms with Crippen molar-refractivity contribution >= 4 is 0 Å². The SMILES string of the molecule is CCCCCCCCCCCCCC[CH]N(C)C. The normalized spacial score (nSPS) is 11.3. The van der Waals surface area contributed by atoms with Crippen LogP contribution in [-0.2, 0) is 0 Å². The van der Waals surface area contributed by atoms with E-state index in [-0.39, 0.29) is 0 Å². The summed E-state index contributed by atoms with van der Waals surface area (Å²) in [5.74, 6) is 0. The van der Waals surface area contributed by atoms with Gasteiger partial charge in [0.1, 0.15) is 0 Å². The first-order valence-electron chi connectivity index (χ1n) is 8.27. The summed E-state index contributed by atoms with van der Waals surface area (Å²) in [5.41, 5.74) is 0. The summed E-state index contributed by atoms with van der Waals surface area (Å²) in [6.45, 7) is 4.58. The van der Waals surface area contributed by atoms with Crippen molar-refractivity contribution in [2.75, 3.05) is 14.1 Å². The molecule has 0 N–H and O–H groups in total. The zero-order chi connectivity index (χ0) is 13.5. The summed E-state index contributed by atoms with van der Waals surface area (Å²) < 4.78 is 0. The van der Waals surface area contributed by atoms with Gasteiger partial charge in [0, 0.05) is 6.54 Å². The molecule has 0 aromatic heterocycles. The second kappa shape index (κ2) is 15.0. The monoisotopic (exact) mass is 254 g/mol. The molecule has 0 rings (SSSR count). The van der Waals surface area contributed by atoms with Crippen molar-refractivity contribution in [3.05, 3.63) is 6.54 Å². The highest BCUT2D eigenvalue weighted by molar-refractivity contribution is 4.60. The summed E-state index contributed by atoms with van der Waals surface area (Å²) in [7, 11) is 4.22. The van der Waals surface area contributed by atoms with Gasteiger partial charge in [0.05, 0.1) is 0 Å². The zero-order valence-electron chi connectivity index (χ0n) is 13.2. The highest BCUT2D eigenvalue weighted by Gasteiger charge is 1.94. The minimum absolute atomic E-state index is 1.25.